The molecule has 0 spiro atoms. The first-order valence-corrected chi connectivity index (χ1v) is 3.44. The van der Waals surface area contributed by atoms with Crippen molar-refractivity contribution in [2.24, 2.45) is 5.18 Å². The lowest BCUT2D eigenvalue weighted by atomic mass is 10.2. The van der Waals surface area contributed by atoms with Crippen molar-refractivity contribution in [3.05, 3.63) is 22.6 Å². The summed E-state index contributed by atoms with van der Waals surface area (Å²) in [6.07, 6.45) is 0. The fourth-order valence-corrected chi connectivity index (χ4v) is 0.921. The molecule has 1 aromatic carbocycles. The first-order valence-electron chi connectivity index (χ1n) is 3.44. The van der Waals surface area contributed by atoms with Gasteiger partial charge in [0, 0.05) is 6.07 Å². The molecule has 1 aromatic rings. The molecule has 0 heterocycles. The number of hydrogen-bond acceptors (Lipinski definition) is 5. The molecule has 5 heteroatoms. The Bertz CT molecular complexity index is 382. The van der Waals surface area contributed by atoms with Gasteiger partial charge in [-0.3, -0.25) is 0 Å². The van der Waals surface area contributed by atoms with Gasteiger partial charge in [0.15, 0.2) is 0 Å². The van der Waals surface area contributed by atoms with Crippen LogP contribution in [0.1, 0.15) is 5.56 Å². The van der Waals surface area contributed by atoms with E-state index in [1.807, 2.05) is 6.07 Å². The Hall–Kier alpha value is -2.09. The van der Waals surface area contributed by atoms with E-state index in [1.54, 1.807) is 0 Å². The van der Waals surface area contributed by atoms with Crippen LogP contribution in [0.5, 0.6) is 5.75 Å². The molecule has 5 nitrogen and oxygen atoms in total. The highest BCUT2D eigenvalue weighted by Gasteiger charge is 2.08. The van der Waals surface area contributed by atoms with Crippen LogP contribution in [0.25, 0.3) is 0 Å². The Labute approximate surface area is 74.7 Å². The summed E-state index contributed by atoms with van der Waals surface area (Å²) in [5.41, 5.74) is 5.97. The summed E-state index contributed by atoms with van der Waals surface area (Å²) in [7, 11) is 1.40. The molecule has 0 fully saturated rings. The number of anilines is 1. The third kappa shape index (κ3) is 1.56. The van der Waals surface area contributed by atoms with Crippen molar-refractivity contribution in [1.82, 2.24) is 0 Å². The van der Waals surface area contributed by atoms with Crippen LogP contribution in [-0.4, -0.2) is 7.11 Å². The number of benzene rings is 1. The second-order valence-electron chi connectivity index (χ2n) is 2.31. The number of hydrogen-bond donors (Lipinski definition) is 1. The third-order valence-corrected chi connectivity index (χ3v) is 1.57. The molecular formula is C8H7N3O2. The summed E-state index contributed by atoms with van der Waals surface area (Å²) in [4.78, 5) is 10.3. The molecular weight excluding hydrogens is 170 g/mol. The van der Waals surface area contributed by atoms with Crippen LogP contribution in [0.2, 0.25) is 0 Å². The SMILES string of the molecule is COc1cc(C#N)cc(N=O)c1N. The molecule has 66 valence electrons. The Morgan fingerprint density at radius 2 is 2.31 bits per heavy atom. The summed E-state index contributed by atoms with van der Waals surface area (Å²) in [5.74, 6) is 0.286. The lowest BCUT2D eigenvalue weighted by Gasteiger charge is -2.05. The topological polar surface area (TPSA) is 88.5 Å². The van der Waals surface area contributed by atoms with Crippen LogP contribution in [0.4, 0.5) is 11.4 Å². The van der Waals surface area contributed by atoms with Crippen LogP contribution in [0.15, 0.2) is 17.3 Å². The number of methoxy groups -OCH3 is 1. The van der Waals surface area contributed by atoms with Crippen molar-refractivity contribution in [3.8, 4) is 11.8 Å². The average Bonchev–Trinajstić information content (AvgIpc) is 2.18. The highest BCUT2D eigenvalue weighted by atomic mass is 16.5. The van der Waals surface area contributed by atoms with Crippen LogP contribution in [0, 0.1) is 16.2 Å². The predicted molar refractivity (Wildman–Crippen MR) is 47.6 cm³/mol. The Morgan fingerprint density at radius 3 is 2.77 bits per heavy atom. The monoisotopic (exact) mass is 177 g/mol. The number of nitrogens with zero attached hydrogens (tertiary/aromatic N) is 2. The smallest absolute Gasteiger partial charge is 0.145 e. The van der Waals surface area contributed by atoms with Crippen molar-refractivity contribution < 1.29 is 4.74 Å². The number of nitriles is 1. The minimum atomic E-state index is 0.0240. The van der Waals surface area contributed by atoms with Gasteiger partial charge in [0.1, 0.15) is 17.1 Å². The summed E-state index contributed by atoms with van der Waals surface area (Å²) in [6.45, 7) is 0. The second kappa shape index (κ2) is 3.54. The van der Waals surface area contributed by atoms with Crippen LogP contribution in [0.3, 0.4) is 0 Å². The standard InChI is InChI=1S/C8H7N3O2/c1-13-7-3-5(4-9)2-6(11-12)8(7)10/h2-3H,10H2,1H3. The van der Waals surface area contributed by atoms with Crippen LogP contribution >= 0.6 is 0 Å². The Balaban J connectivity index is 3.39. The maximum absolute atomic E-state index is 10.3. The molecule has 0 aliphatic carbocycles. The molecule has 1 rings (SSSR count). The maximum Gasteiger partial charge on any atom is 0.145 e. The molecule has 0 radical (unpaired) electrons. The molecule has 0 bridgehead atoms. The molecule has 13 heavy (non-hydrogen) atoms. The molecule has 0 saturated carbocycles. The highest BCUT2D eigenvalue weighted by Crippen LogP contribution is 2.32. The van der Waals surface area contributed by atoms with Crippen molar-refractivity contribution >= 4 is 11.4 Å². The van der Waals surface area contributed by atoms with Crippen molar-refractivity contribution in [1.29, 1.82) is 5.26 Å². The van der Waals surface area contributed by atoms with Crippen LogP contribution < -0.4 is 10.5 Å². The maximum atomic E-state index is 10.3. The third-order valence-electron chi connectivity index (χ3n) is 1.57. The molecule has 0 aliphatic heterocycles. The van der Waals surface area contributed by atoms with E-state index in [0.717, 1.165) is 0 Å². The number of nitroso groups, excluding NO2 is 1. The van der Waals surface area contributed by atoms with E-state index in [-0.39, 0.29) is 17.1 Å². The summed E-state index contributed by atoms with van der Waals surface area (Å²) in [6, 6.07) is 4.63. The summed E-state index contributed by atoms with van der Waals surface area (Å²) < 4.78 is 4.85. The van der Waals surface area contributed by atoms with Gasteiger partial charge in [0.25, 0.3) is 0 Å². The normalized spacial score (nSPS) is 8.92. The summed E-state index contributed by atoms with van der Waals surface area (Å²) >= 11 is 0. The largest absolute Gasteiger partial charge is 0.494 e. The minimum Gasteiger partial charge on any atom is -0.494 e. The van der Waals surface area contributed by atoms with E-state index in [4.69, 9.17) is 15.7 Å². The van der Waals surface area contributed by atoms with Gasteiger partial charge in [-0.15, -0.1) is 4.91 Å². The average molecular weight is 177 g/mol. The molecule has 0 atom stereocenters. The number of rotatable bonds is 2. The lowest BCUT2D eigenvalue weighted by molar-refractivity contribution is 0.417. The van der Waals surface area contributed by atoms with E-state index < -0.39 is 0 Å². The van der Waals surface area contributed by atoms with Crippen molar-refractivity contribution in [2.45, 2.75) is 0 Å². The zero-order valence-electron chi connectivity index (χ0n) is 6.94. The molecule has 0 saturated heterocycles. The first-order chi connectivity index (χ1) is 6.22. The first kappa shape index (κ1) is 9.00. The van der Waals surface area contributed by atoms with Crippen molar-refractivity contribution in [2.75, 3.05) is 12.8 Å². The molecule has 0 unspecified atom stereocenters. The van der Waals surface area contributed by atoms with E-state index in [1.165, 1.54) is 19.2 Å². The van der Waals surface area contributed by atoms with Gasteiger partial charge in [0.2, 0.25) is 0 Å². The van der Waals surface area contributed by atoms with Gasteiger partial charge < -0.3 is 10.5 Å². The van der Waals surface area contributed by atoms with Gasteiger partial charge in [-0.05, 0) is 11.2 Å². The van der Waals surface area contributed by atoms with Gasteiger partial charge in [0.05, 0.1) is 18.7 Å². The number of nitrogens with two attached hydrogens (primary N) is 1. The fraction of sp³-hybridized carbons (Fsp3) is 0.125. The number of ether oxygens (including phenoxy) is 1. The Morgan fingerprint density at radius 1 is 1.62 bits per heavy atom. The quantitative estimate of drug-likeness (QED) is 0.548. The lowest BCUT2D eigenvalue weighted by Crippen LogP contribution is -1.93. The van der Waals surface area contributed by atoms with E-state index in [0.29, 0.717) is 5.56 Å². The van der Waals surface area contributed by atoms with E-state index in [9.17, 15) is 4.91 Å². The molecule has 0 amide bonds. The number of nitrogen functional groups attached to an aromatic ring is 1. The minimum absolute atomic E-state index is 0.0240. The highest BCUT2D eigenvalue weighted by molar-refractivity contribution is 5.72. The van der Waals surface area contributed by atoms with Crippen molar-refractivity contribution in [3.63, 3.8) is 0 Å². The second-order valence-corrected chi connectivity index (χ2v) is 2.31. The van der Waals surface area contributed by atoms with E-state index >= 15 is 0 Å². The molecule has 0 aliphatic rings. The molecule has 0 aromatic heterocycles. The van der Waals surface area contributed by atoms with Crippen LogP contribution in [-0.2, 0) is 0 Å². The van der Waals surface area contributed by atoms with Gasteiger partial charge in [-0.1, -0.05) is 0 Å². The van der Waals surface area contributed by atoms with Gasteiger partial charge in [-0.2, -0.15) is 5.26 Å². The zero-order valence-corrected chi connectivity index (χ0v) is 6.94. The zero-order chi connectivity index (χ0) is 9.84. The van der Waals surface area contributed by atoms with E-state index in [2.05, 4.69) is 5.18 Å². The summed E-state index contributed by atoms with van der Waals surface area (Å²) in [5, 5.41) is 11.3. The van der Waals surface area contributed by atoms with Gasteiger partial charge in [-0.25, -0.2) is 0 Å². The molecule has 2 N–H and O–H groups in total. The Kier molecular flexibility index (Phi) is 2.45. The fourth-order valence-electron chi connectivity index (χ4n) is 0.921. The van der Waals surface area contributed by atoms with Gasteiger partial charge >= 0.3 is 0 Å². The predicted octanol–water partition coefficient (Wildman–Crippen LogP) is 1.55.